The summed E-state index contributed by atoms with van der Waals surface area (Å²) in [6, 6.07) is 16.8. The van der Waals surface area contributed by atoms with Crippen molar-refractivity contribution in [2.45, 2.75) is 37.6 Å². The zero-order chi connectivity index (χ0) is 30.3. The molecule has 1 aliphatic heterocycles. The number of carbonyl (C=O) groups excluding carboxylic acids is 1. The summed E-state index contributed by atoms with van der Waals surface area (Å²) in [4.78, 5) is 25.8. The lowest BCUT2D eigenvalue weighted by Crippen LogP contribution is -2.44. The molecule has 1 aliphatic rings. The molecule has 3 aromatic heterocycles. The number of rotatable bonds is 8. The third-order valence-corrected chi connectivity index (χ3v) is 8.90. The summed E-state index contributed by atoms with van der Waals surface area (Å²) in [5.74, 6) is 0.139. The number of fused-ring (bicyclic) bond motifs is 2. The van der Waals surface area contributed by atoms with E-state index in [4.69, 9.17) is 16.5 Å². The number of aliphatic hydroxyl groups is 1. The van der Waals surface area contributed by atoms with Gasteiger partial charge < -0.3 is 31.8 Å². The van der Waals surface area contributed by atoms with E-state index in [1.54, 1.807) is 4.90 Å². The Labute approximate surface area is 248 Å². The van der Waals surface area contributed by atoms with Crippen molar-refractivity contribution in [2.75, 3.05) is 30.3 Å². The quantitative estimate of drug-likeness (QED) is 0.171. The molecular formula is C30H30F3N7O2S. The molecule has 1 atom stereocenters. The van der Waals surface area contributed by atoms with Crippen LogP contribution in [0.15, 0.2) is 54.6 Å². The maximum Gasteiger partial charge on any atom is 0.417 e. The van der Waals surface area contributed by atoms with Crippen LogP contribution in [0, 0.1) is 0 Å². The van der Waals surface area contributed by atoms with Crippen LogP contribution in [0.3, 0.4) is 0 Å². The number of anilines is 2. The van der Waals surface area contributed by atoms with E-state index in [1.807, 2.05) is 48.5 Å². The molecule has 5 aromatic rings. The van der Waals surface area contributed by atoms with Gasteiger partial charge in [0.1, 0.15) is 21.3 Å². The summed E-state index contributed by atoms with van der Waals surface area (Å²) in [5.41, 5.74) is 13.5. The van der Waals surface area contributed by atoms with Gasteiger partial charge in [-0.15, -0.1) is 11.3 Å². The van der Waals surface area contributed by atoms with Crippen molar-refractivity contribution >= 4 is 50.0 Å². The van der Waals surface area contributed by atoms with Crippen molar-refractivity contribution in [2.24, 2.45) is 5.73 Å². The minimum Gasteiger partial charge on any atom is -0.397 e. The van der Waals surface area contributed by atoms with E-state index >= 15 is 0 Å². The summed E-state index contributed by atoms with van der Waals surface area (Å²) < 4.78 is 41.9. The standard InChI is InChI=1S/C30H30F3N7O2S/c31-30(32,33)19-14-24(39-29-25(19)26(34)27(43-29)28(35)42)40-10-8-18(9-11-40)36-15-22(41)17-6-7-20-21(13-17)38-23(37-20)12-16-4-2-1-3-5-16/h1-7,13-14,18,22,36,41H,8-12,15,34H2,(H2,35,42)(H,37,38). The van der Waals surface area contributed by atoms with Crippen molar-refractivity contribution in [1.82, 2.24) is 20.3 Å². The lowest BCUT2D eigenvalue weighted by atomic mass is 10.0. The summed E-state index contributed by atoms with van der Waals surface area (Å²) >= 11 is 0.768. The predicted molar refractivity (Wildman–Crippen MR) is 161 cm³/mol. The number of nitrogens with two attached hydrogens (primary N) is 2. The van der Waals surface area contributed by atoms with Crippen molar-refractivity contribution in [3.8, 4) is 0 Å². The molecule has 1 amide bonds. The molecular weight excluding hydrogens is 579 g/mol. The molecule has 0 spiro atoms. The highest BCUT2D eigenvalue weighted by Gasteiger charge is 2.37. The average Bonchev–Trinajstić information content (AvgIpc) is 3.55. The smallest absolute Gasteiger partial charge is 0.397 e. The molecule has 0 saturated carbocycles. The molecule has 224 valence electrons. The van der Waals surface area contributed by atoms with Crippen LogP contribution in [0.5, 0.6) is 0 Å². The van der Waals surface area contributed by atoms with Crippen LogP contribution in [0.2, 0.25) is 0 Å². The van der Waals surface area contributed by atoms with Gasteiger partial charge in [0.15, 0.2) is 0 Å². The number of hydrogen-bond acceptors (Lipinski definition) is 8. The number of aromatic nitrogens is 3. The fourth-order valence-electron chi connectivity index (χ4n) is 5.54. The maximum absolute atomic E-state index is 14.0. The highest BCUT2D eigenvalue weighted by Crippen LogP contribution is 2.43. The number of hydrogen-bond donors (Lipinski definition) is 5. The number of aromatic amines is 1. The zero-order valence-electron chi connectivity index (χ0n) is 23.0. The number of aliphatic hydroxyl groups excluding tert-OH is 1. The molecule has 1 unspecified atom stereocenters. The second-order valence-corrected chi connectivity index (χ2v) is 11.7. The number of halogens is 3. The Kier molecular flexibility index (Phi) is 7.71. The molecule has 0 aliphatic carbocycles. The Morgan fingerprint density at radius 2 is 1.88 bits per heavy atom. The number of pyridine rings is 1. The Bertz CT molecular complexity index is 1780. The van der Waals surface area contributed by atoms with Gasteiger partial charge in [-0.3, -0.25) is 4.79 Å². The van der Waals surface area contributed by atoms with Gasteiger partial charge in [-0.05, 0) is 42.2 Å². The van der Waals surface area contributed by atoms with Crippen LogP contribution in [-0.4, -0.2) is 51.6 Å². The monoisotopic (exact) mass is 609 g/mol. The molecule has 9 nitrogen and oxygen atoms in total. The lowest BCUT2D eigenvalue weighted by molar-refractivity contribution is -0.136. The van der Waals surface area contributed by atoms with Gasteiger partial charge in [0.05, 0.1) is 28.4 Å². The van der Waals surface area contributed by atoms with Gasteiger partial charge >= 0.3 is 6.18 Å². The second kappa shape index (κ2) is 11.5. The summed E-state index contributed by atoms with van der Waals surface area (Å²) in [5, 5.41) is 14.0. The van der Waals surface area contributed by atoms with E-state index in [9.17, 15) is 23.1 Å². The SMILES string of the molecule is NC(=O)c1sc2nc(N3CCC(NCC(O)c4ccc5[nH]c(Cc6ccccc6)nc5c4)CC3)cc(C(F)(F)F)c2c1N. The van der Waals surface area contributed by atoms with E-state index in [2.05, 4.69) is 15.3 Å². The Hall–Kier alpha value is -4.20. The molecule has 43 heavy (non-hydrogen) atoms. The summed E-state index contributed by atoms with van der Waals surface area (Å²) in [6.07, 6.45) is -3.45. The lowest BCUT2D eigenvalue weighted by Gasteiger charge is -2.34. The molecule has 1 saturated heterocycles. The first-order valence-corrected chi connectivity index (χ1v) is 14.7. The van der Waals surface area contributed by atoms with Gasteiger partial charge in [-0.2, -0.15) is 13.2 Å². The molecule has 1 fully saturated rings. The topological polar surface area (TPSA) is 146 Å². The largest absolute Gasteiger partial charge is 0.417 e. The van der Waals surface area contributed by atoms with Crippen LogP contribution in [0.25, 0.3) is 21.3 Å². The van der Waals surface area contributed by atoms with Crippen molar-refractivity contribution in [1.29, 1.82) is 0 Å². The predicted octanol–water partition coefficient (Wildman–Crippen LogP) is 4.76. The van der Waals surface area contributed by atoms with Crippen LogP contribution < -0.4 is 21.7 Å². The van der Waals surface area contributed by atoms with E-state index in [1.165, 1.54) is 0 Å². The summed E-state index contributed by atoms with van der Waals surface area (Å²) in [6.45, 7) is 1.26. The van der Waals surface area contributed by atoms with Gasteiger partial charge in [0.25, 0.3) is 5.91 Å². The number of carbonyl (C=O) groups is 1. The Morgan fingerprint density at radius 3 is 2.58 bits per heavy atom. The molecule has 6 rings (SSSR count). The fourth-order valence-corrected chi connectivity index (χ4v) is 6.51. The molecule has 4 heterocycles. The minimum atomic E-state index is -4.68. The number of benzene rings is 2. The van der Waals surface area contributed by atoms with Crippen LogP contribution in [-0.2, 0) is 12.6 Å². The first-order chi connectivity index (χ1) is 20.6. The van der Waals surface area contributed by atoms with Gasteiger partial charge in [-0.1, -0.05) is 36.4 Å². The van der Waals surface area contributed by atoms with Gasteiger partial charge in [0, 0.05) is 37.5 Å². The number of nitrogen functional groups attached to an aromatic ring is 1. The first kappa shape index (κ1) is 28.9. The molecule has 7 N–H and O–H groups in total. The van der Waals surface area contributed by atoms with E-state index in [0.29, 0.717) is 38.9 Å². The molecule has 0 bridgehead atoms. The third kappa shape index (κ3) is 6.01. The fraction of sp³-hybridized carbons (Fsp3) is 0.300. The number of piperidine rings is 1. The van der Waals surface area contributed by atoms with Crippen molar-refractivity contribution in [3.05, 3.63) is 82.0 Å². The maximum atomic E-state index is 14.0. The second-order valence-electron chi connectivity index (χ2n) is 10.7. The number of nitrogens with zero attached hydrogens (tertiary/aromatic N) is 3. The molecule has 2 aromatic carbocycles. The van der Waals surface area contributed by atoms with Crippen LogP contribution in [0.1, 0.15) is 51.1 Å². The number of primary amides is 1. The van der Waals surface area contributed by atoms with Crippen molar-refractivity contribution in [3.63, 3.8) is 0 Å². The number of thiophene rings is 1. The van der Waals surface area contributed by atoms with Gasteiger partial charge in [0.2, 0.25) is 0 Å². The number of imidazole rings is 1. The van der Waals surface area contributed by atoms with E-state index in [0.717, 1.165) is 45.4 Å². The van der Waals surface area contributed by atoms with E-state index < -0.39 is 23.8 Å². The highest BCUT2D eigenvalue weighted by molar-refractivity contribution is 7.21. The van der Waals surface area contributed by atoms with Crippen LogP contribution in [0.4, 0.5) is 24.7 Å². The summed E-state index contributed by atoms with van der Waals surface area (Å²) in [7, 11) is 0. The third-order valence-electron chi connectivity index (χ3n) is 7.79. The average molecular weight is 610 g/mol. The minimum absolute atomic E-state index is 0.0283. The zero-order valence-corrected chi connectivity index (χ0v) is 23.8. The first-order valence-electron chi connectivity index (χ1n) is 13.9. The van der Waals surface area contributed by atoms with Crippen molar-refractivity contribution < 1.29 is 23.1 Å². The number of amides is 1. The highest BCUT2D eigenvalue weighted by atomic mass is 32.1. The normalized spacial score (nSPS) is 15.4. The Balaban J connectivity index is 1.09. The Morgan fingerprint density at radius 1 is 1.14 bits per heavy atom. The van der Waals surface area contributed by atoms with E-state index in [-0.39, 0.29) is 32.6 Å². The van der Waals surface area contributed by atoms with Gasteiger partial charge in [-0.25, -0.2) is 9.97 Å². The number of alkyl halides is 3. The molecule has 13 heteroatoms. The van der Waals surface area contributed by atoms with Crippen LogP contribution >= 0.6 is 11.3 Å². The number of H-pyrrole nitrogens is 1. The number of nitrogens with one attached hydrogen (secondary N) is 2. The molecule has 0 radical (unpaired) electrons.